The van der Waals surface area contributed by atoms with Crippen LogP contribution in [0.2, 0.25) is 0 Å². The Bertz CT molecular complexity index is 805. The highest BCUT2D eigenvalue weighted by Gasteiger charge is 2.20. The van der Waals surface area contributed by atoms with Crippen molar-refractivity contribution in [2.24, 2.45) is 7.05 Å². The third kappa shape index (κ3) is 2.23. The maximum atomic E-state index is 12.7. The molecule has 0 aliphatic rings. The first-order chi connectivity index (χ1) is 10.1. The van der Waals surface area contributed by atoms with Crippen LogP contribution in [0.1, 0.15) is 10.5 Å². The summed E-state index contributed by atoms with van der Waals surface area (Å²) in [6.07, 6.45) is 0. The van der Waals surface area contributed by atoms with Gasteiger partial charge in [-0.3, -0.25) is 9.48 Å². The van der Waals surface area contributed by atoms with E-state index >= 15 is 0 Å². The van der Waals surface area contributed by atoms with Crippen molar-refractivity contribution in [2.75, 3.05) is 17.7 Å². The Hall–Kier alpha value is -2.82. The van der Waals surface area contributed by atoms with Crippen molar-refractivity contribution >= 4 is 28.2 Å². The highest BCUT2D eigenvalue weighted by molar-refractivity contribution is 6.12. The lowest BCUT2D eigenvalue weighted by Gasteiger charge is -2.16. The molecule has 3 rings (SSSR count). The van der Waals surface area contributed by atoms with Crippen molar-refractivity contribution < 1.29 is 4.79 Å². The van der Waals surface area contributed by atoms with E-state index in [1.807, 2.05) is 43.4 Å². The Balaban J connectivity index is 2.02. The van der Waals surface area contributed by atoms with Crippen LogP contribution in [0.4, 0.5) is 11.4 Å². The molecule has 0 fully saturated rings. The van der Waals surface area contributed by atoms with Crippen LogP contribution in [-0.4, -0.2) is 22.7 Å². The van der Waals surface area contributed by atoms with Gasteiger partial charge in [-0.2, -0.15) is 5.10 Å². The van der Waals surface area contributed by atoms with Crippen LogP contribution in [0.5, 0.6) is 0 Å². The number of aromatic nitrogens is 2. The molecule has 0 aliphatic carbocycles. The number of nitrogens with zero attached hydrogens (tertiary/aromatic N) is 3. The summed E-state index contributed by atoms with van der Waals surface area (Å²) < 4.78 is 1.72. The molecular formula is C16H16N4O. The Morgan fingerprint density at radius 3 is 2.52 bits per heavy atom. The summed E-state index contributed by atoms with van der Waals surface area (Å²) in [4.78, 5) is 14.3. The topological polar surface area (TPSA) is 64.2 Å². The number of fused-ring (bicyclic) bond motifs is 1. The zero-order chi connectivity index (χ0) is 15.0. The first-order valence-corrected chi connectivity index (χ1v) is 6.63. The molecule has 0 bridgehead atoms. The fraction of sp³-hybridized carbons (Fsp3) is 0.125. The number of carbonyl (C=O) groups excluding carboxylic acids is 1. The predicted molar refractivity (Wildman–Crippen MR) is 84.3 cm³/mol. The average Bonchev–Trinajstić information content (AvgIpc) is 2.84. The van der Waals surface area contributed by atoms with E-state index < -0.39 is 0 Å². The number of nitrogens with two attached hydrogens (primary N) is 1. The number of benzene rings is 2. The summed E-state index contributed by atoms with van der Waals surface area (Å²) in [7, 11) is 3.57. The second kappa shape index (κ2) is 4.94. The van der Waals surface area contributed by atoms with E-state index in [1.54, 1.807) is 28.8 Å². The second-order valence-corrected chi connectivity index (χ2v) is 4.95. The molecule has 0 unspecified atom stereocenters. The number of rotatable bonds is 2. The van der Waals surface area contributed by atoms with E-state index in [4.69, 9.17) is 5.73 Å². The fourth-order valence-electron chi connectivity index (χ4n) is 2.35. The highest BCUT2D eigenvalue weighted by atomic mass is 16.2. The Kier molecular flexibility index (Phi) is 3.10. The number of anilines is 2. The van der Waals surface area contributed by atoms with Crippen LogP contribution in [0.25, 0.3) is 10.9 Å². The van der Waals surface area contributed by atoms with Gasteiger partial charge < -0.3 is 10.6 Å². The van der Waals surface area contributed by atoms with E-state index in [9.17, 15) is 4.79 Å². The van der Waals surface area contributed by atoms with Gasteiger partial charge in [-0.15, -0.1) is 0 Å². The molecule has 1 amide bonds. The summed E-state index contributed by atoms with van der Waals surface area (Å²) in [5.41, 5.74) is 8.51. The van der Waals surface area contributed by atoms with Gasteiger partial charge in [-0.05, 0) is 30.3 Å². The fourth-order valence-corrected chi connectivity index (χ4v) is 2.35. The van der Waals surface area contributed by atoms with Gasteiger partial charge in [0.1, 0.15) is 0 Å². The SMILES string of the molecule is CN(C(=O)c1nn(C)c2ccccc12)c1ccc(N)cc1. The molecule has 0 spiro atoms. The Morgan fingerprint density at radius 2 is 1.81 bits per heavy atom. The molecule has 1 aromatic heterocycles. The van der Waals surface area contributed by atoms with E-state index in [-0.39, 0.29) is 5.91 Å². The number of carbonyl (C=O) groups is 1. The Morgan fingerprint density at radius 1 is 1.14 bits per heavy atom. The van der Waals surface area contributed by atoms with E-state index in [0.717, 1.165) is 16.6 Å². The second-order valence-electron chi connectivity index (χ2n) is 4.95. The summed E-state index contributed by atoms with van der Waals surface area (Å²) >= 11 is 0. The van der Waals surface area contributed by atoms with Gasteiger partial charge in [-0.1, -0.05) is 18.2 Å². The van der Waals surface area contributed by atoms with Gasteiger partial charge in [0.2, 0.25) is 0 Å². The maximum Gasteiger partial charge on any atom is 0.279 e. The van der Waals surface area contributed by atoms with E-state index in [2.05, 4.69) is 5.10 Å². The van der Waals surface area contributed by atoms with Crippen molar-refractivity contribution in [1.29, 1.82) is 0 Å². The van der Waals surface area contributed by atoms with Crippen LogP contribution in [0.3, 0.4) is 0 Å². The lowest BCUT2D eigenvalue weighted by Crippen LogP contribution is -2.26. The minimum atomic E-state index is -0.142. The zero-order valence-corrected chi connectivity index (χ0v) is 11.9. The average molecular weight is 280 g/mol. The number of hydrogen-bond donors (Lipinski definition) is 1. The van der Waals surface area contributed by atoms with Gasteiger partial charge in [0, 0.05) is 30.9 Å². The molecule has 0 saturated heterocycles. The molecule has 1 heterocycles. The highest BCUT2D eigenvalue weighted by Crippen LogP contribution is 2.22. The quantitative estimate of drug-likeness (QED) is 0.733. The minimum absolute atomic E-state index is 0.142. The van der Waals surface area contributed by atoms with Crippen LogP contribution in [0, 0.1) is 0 Å². The third-order valence-electron chi connectivity index (χ3n) is 3.55. The van der Waals surface area contributed by atoms with Crippen molar-refractivity contribution in [3.63, 3.8) is 0 Å². The number of nitrogen functional groups attached to an aromatic ring is 1. The minimum Gasteiger partial charge on any atom is -0.399 e. The largest absolute Gasteiger partial charge is 0.399 e. The zero-order valence-electron chi connectivity index (χ0n) is 11.9. The maximum absolute atomic E-state index is 12.7. The number of hydrogen-bond acceptors (Lipinski definition) is 3. The molecule has 21 heavy (non-hydrogen) atoms. The molecular weight excluding hydrogens is 264 g/mol. The first-order valence-electron chi connectivity index (χ1n) is 6.63. The summed E-state index contributed by atoms with van der Waals surface area (Å²) in [5, 5.41) is 5.21. The molecule has 2 N–H and O–H groups in total. The van der Waals surface area contributed by atoms with Crippen molar-refractivity contribution in [3.8, 4) is 0 Å². The van der Waals surface area contributed by atoms with Crippen molar-refractivity contribution in [3.05, 3.63) is 54.2 Å². The summed E-state index contributed by atoms with van der Waals surface area (Å²) in [6.45, 7) is 0. The summed E-state index contributed by atoms with van der Waals surface area (Å²) in [6, 6.07) is 14.9. The number of para-hydroxylation sites is 1. The van der Waals surface area contributed by atoms with Gasteiger partial charge in [0.05, 0.1) is 5.52 Å². The van der Waals surface area contributed by atoms with Gasteiger partial charge in [-0.25, -0.2) is 0 Å². The van der Waals surface area contributed by atoms with E-state index in [1.165, 1.54) is 0 Å². The smallest absolute Gasteiger partial charge is 0.279 e. The predicted octanol–water partition coefficient (Wildman–Crippen LogP) is 2.43. The van der Waals surface area contributed by atoms with Crippen LogP contribution in [-0.2, 0) is 7.05 Å². The molecule has 2 aromatic carbocycles. The van der Waals surface area contributed by atoms with Gasteiger partial charge >= 0.3 is 0 Å². The van der Waals surface area contributed by atoms with Crippen LogP contribution in [0.15, 0.2) is 48.5 Å². The third-order valence-corrected chi connectivity index (χ3v) is 3.55. The number of aryl methyl sites for hydroxylation is 1. The molecule has 106 valence electrons. The first kappa shape index (κ1) is 13.2. The molecule has 0 aliphatic heterocycles. The summed E-state index contributed by atoms with van der Waals surface area (Å²) in [5.74, 6) is -0.142. The molecule has 5 heteroatoms. The van der Waals surface area contributed by atoms with E-state index in [0.29, 0.717) is 11.4 Å². The van der Waals surface area contributed by atoms with Gasteiger partial charge in [0.25, 0.3) is 5.91 Å². The number of amides is 1. The lowest BCUT2D eigenvalue weighted by molar-refractivity contribution is 0.0989. The lowest BCUT2D eigenvalue weighted by atomic mass is 10.2. The molecule has 3 aromatic rings. The molecule has 0 radical (unpaired) electrons. The van der Waals surface area contributed by atoms with Gasteiger partial charge in [0.15, 0.2) is 5.69 Å². The van der Waals surface area contributed by atoms with Crippen LogP contribution < -0.4 is 10.6 Å². The molecule has 0 saturated carbocycles. The van der Waals surface area contributed by atoms with Crippen molar-refractivity contribution in [1.82, 2.24) is 9.78 Å². The van der Waals surface area contributed by atoms with Crippen LogP contribution >= 0.6 is 0 Å². The molecule has 5 nitrogen and oxygen atoms in total. The van der Waals surface area contributed by atoms with Crippen molar-refractivity contribution in [2.45, 2.75) is 0 Å². The standard InChI is InChI=1S/C16H16N4O/c1-19(12-9-7-11(17)8-10-12)16(21)15-13-5-3-4-6-14(13)20(2)18-15/h3-10H,17H2,1-2H3. The Labute approximate surface area is 122 Å². The molecule has 0 atom stereocenters. The normalized spacial score (nSPS) is 10.8. The monoisotopic (exact) mass is 280 g/mol.